The van der Waals surface area contributed by atoms with E-state index in [0.29, 0.717) is 5.56 Å². The van der Waals surface area contributed by atoms with Gasteiger partial charge in [-0.3, -0.25) is 0 Å². The van der Waals surface area contributed by atoms with Crippen molar-refractivity contribution in [3.63, 3.8) is 0 Å². The molecule has 0 N–H and O–H groups in total. The molecule has 1 fully saturated rings. The Morgan fingerprint density at radius 2 is 2.14 bits per heavy atom. The predicted molar refractivity (Wildman–Crippen MR) is 56.9 cm³/mol. The topological polar surface area (TPSA) is 47.0 Å². The molecule has 2 rings (SSSR count). The molecule has 0 radical (unpaired) electrons. The number of rotatable bonds is 2. The summed E-state index contributed by atoms with van der Waals surface area (Å²) in [5.74, 6) is 0. The molecule has 14 heavy (non-hydrogen) atoms. The molecule has 1 aromatic heterocycles. The van der Waals surface area contributed by atoms with Crippen molar-refractivity contribution in [2.45, 2.75) is 30.0 Å². The van der Waals surface area contributed by atoms with Gasteiger partial charge in [0, 0.05) is 10.7 Å². The van der Waals surface area contributed by atoms with Crippen molar-refractivity contribution in [2.75, 3.05) is 0 Å². The molecule has 3 nitrogen and oxygen atoms in total. The van der Waals surface area contributed by atoms with E-state index in [4.69, 9.17) is 0 Å². The van der Waals surface area contributed by atoms with E-state index >= 15 is 0 Å². The third kappa shape index (κ3) is 1.70. The Labute approximate surface area is 91.6 Å². The van der Waals surface area contributed by atoms with Crippen molar-refractivity contribution in [1.29, 1.82) is 0 Å². The van der Waals surface area contributed by atoms with Crippen LogP contribution in [0.1, 0.15) is 18.4 Å². The molecule has 5 heteroatoms. The van der Waals surface area contributed by atoms with Gasteiger partial charge in [0.15, 0.2) is 14.9 Å². The highest BCUT2D eigenvalue weighted by atomic mass is 79.9. The second-order valence-electron chi connectivity index (χ2n) is 3.52. The van der Waals surface area contributed by atoms with Crippen molar-refractivity contribution in [3.8, 4) is 0 Å². The summed E-state index contributed by atoms with van der Waals surface area (Å²) in [4.78, 5) is 3.98. The van der Waals surface area contributed by atoms with Gasteiger partial charge in [0.1, 0.15) is 0 Å². The molecule has 1 heterocycles. The third-order valence-electron chi connectivity index (χ3n) is 2.23. The first-order valence-corrected chi connectivity index (χ1v) is 6.72. The number of hydrogen-bond acceptors (Lipinski definition) is 3. The number of sulfone groups is 1. The lowest BCUT2D eigenvalue weighted by atomic mass is 10.3. The summed E-state index contributed by atoms with van der Waals surface area (Å²) >= 11 is 3.26. The summed E-state index contributed by atoms with van der Waals surface area (Å²) < 4.78 is 24.5. The number of nitrogens with zero attached hydrogens (tertiary/aromatic N) is 1. The van der Waals surface area contributed by atoms with Gasteiger partial charge in [-0.25, -0.2) is 13.4 Å². The van der Waals surface area contributed by atoms with Crippen LogP contribution >= 0.6 is 15.9 Å². The first-order chi connectivity index (χ1) is 6.51. The smallest absolute Gasteiger partial charge is 0.198 e. The molecule has 0 atom stereocenters. The molecule has 76 valence electrons. The number of pyridine rings is 1. The van der Waals surface area contributed by atoms with Crippen molar-refractivity contribution >= 4 is 25.8 Å². The predicted octanol–water partition coefficient (Wildman–Crippen LogP) is 2.09. The Balaban J connectivity index is 2.51. The number of aryl methyl sites for hydroxylation is 1. The van der Waals surface area contributed by atoms with Gasteiger partial charge in [-0.05, 0) is 47.3 Å². The van der Waals surface area contributed by atoms with Crippen molar-refractivity contribution < 1.29 is 8.42 Å². The zero-order valence-corrected chi connectivity index (χ0v) is 10.1. The van der Waals surface area contributed by atoms with Crippen LogP contribution < -0.4 is 0 Å². The van der Waals surface area contributed by atoms with E-state index in [1.54, 1.807) is 13.0 Å². The fourth-order valence-corrected chi connectivity index (χ4v) is 3.59. The molecule has 1 aromatic rings. The first-order valence-electron chi connectivity index (χ1n) is 4.38. The minimum absolute atomic E-state index is 0.185. The van der Waals surface area contributed by atoms with Gasteiger partial charge in [0.05, 0.1) is 5.25 Å². The quantitative estimate of drug-likeness (QED) is 0.831. The average molecular weight is 276 g/mol. The van der Waals surface area contributed by atoms with Crippen molar-refractivity contribution in [2.24, 2.45) is 0 Å². The summed E-state index contributed by atoms with van der Waals surface area (Å²) in [6, 6.07) is 1.78. The van der Waals surface area contributed by atoms with Gasteiger partial charge in [-0.15, -0.1) is 0 Å². The van der Waals surface area contributed by atoms with Crippen LogP contribution in [-0.2, 0) is 9.84 Å². The maximum atomic E-state index is 11.8. The Morgan fingerprint density at radius 3 is 2.64 bits per heavy atom. The lowest BCUT2D eigenvalue weighted by molar-refractivity contribution is 0.590. The summed E-state index contributed by atoms with van der Waals surface area (Å²) in [6.07, 6.45) is 3.08. The van der Waals surface area contributed by atoms with Crippen LogP contribution in [0.2, 0.25) is 0 Å². The van der Waals surface area contributed by atoms with Crippen molar-refractivity contribution in [3.05, 3.63) is 22.3 Å². The molecule has 0 aliphatic heterocycles. The summed E-state index contributed by atoms with van der Waals surface area (Å²) in [5, 5.41) is 0.0538. The van der Waals surface area contributed by atoms with Crippen LogP contribution in [0.3, 0.4) is 0 Å². The SMILES string of the molecule is Cc1cc(Br)cnc1S(=O)(=O)C1CC1. The van der Waals surface area contributed by atoms with E-state index in [1.807, 2.05) is 0 Å². The van der Waals surface area contributed by atoms with Crippen LogP contribution in [0.25, 0.3) is 0 Å². The summed E-state index contributed by atoms with van der Waals surface area (Å²) in [7, 11) is -3.15. The lowest BCUT2D eigenvalue weighted by Crippen LogP contribution is -2.10. The van der Waals surface area contributed by atoms with Gasteiger partial charge >= 0.3 is 0 Å². The monoisotopic (exact) mass is 275 g/mol. The maximum absolute atomic E-state index is 11.8. The van der Waals surface area contributed by atoms with Crippen LogP contribution in [0.4, 0.5) is 0 Å². The molecule has 0 saturated heterocycles. The largest absolute Gasteiger partial charge is 0.243 e. The van der Waals surface area contributed by atoms with E-state index < -0.39 is 9.84 Å². The Kier molecular flexibility index (Phi) is 2.39. The van der Waals surface area contributed by atoms with E-state index in [9.17, 15) is 8.42 Å². The fourth-order valence-electron chi connectivity index (χ4n) is 1.36. The highest BCUT2D eigenvalue weighted by Crippen LogP contribution is 2.34. The Morgan fingerprint density at radius 1 is 1.50 bits per heavy atom. The minimum atomic E-state index is -3.15. The summed E-state index contributed by atoms with van der Waals surface area (Å²) in [6.45, 7) is 1.77. The number of hydrogen-bond donors (Lipinski definition) is 0. The molecule has 1 saturated carbocycles. The average Bonchev–Trinajstić information content (AvgIpc) is 2.84. The van der Waals surface area contributed by atoms with Crippen molar-refractivity contribution in [1.82, 2.24) is 4.98 Å². The highest BCUT2D eigenvalue weighted by Gasteiger charge is 2.38. The molecule has 0 spiro atoms. The summed E-state index contributed by atoms with van der Waals surface area (Å²) in [5.41, 5.74) is 0.714. The molecule has 0 amide bonds. The van der Waals surface area contributed by atoms with Crippen LogP contribution in [-0.4, -0.2) is 18.7 Å². The van der Waals surface area contributed by atoms with Crippen LogP contribution in [0, 0.1) is 6.92 Å². The molecule has 1 aliphatic carbocycles. The van der Waals surface area contributed by atoms with Crippen LogP contribution in [0.5, 0.6) is 0 Å². The third-order valence-corrected chi connectivity index (χ3v) is 4.98. The van der Waals surface area contributed by atoms with E-state index in [0.717, 1.165) is 17.3 Å². The number of aromatic nitrogens is 1. The van der Waals surface area contributed by atoms with Gasteiger partial charge in [-0.2, -0.15) is 0 Å². The van der Waals surface area contributed by atoms with Gasteiger partial charge < -0.3 is 0 Å². The zero-order valence-electron chi connectivity index (χ0n) is 7.70. The normalized spacial score (nSPS) is 17.0. The van der Waals surface area contributed by atoms with E-state index in [-0.39, 0.29) is 10.3 Å². The number of halogens is 1. The Hall–Kier alpha value is -0.420. The van der Waals surface area contributed by atoms with Gasteiger partial charge in [-0.1, -0.05) is 0 Å². The van der Waals surface area contributed by atoms with E-state index in [2.05, 4.69) is 20.9 Å². The maximum Gasteiger partial charge on any atom is 0.198 e. The van der Waals surface area contributed by atoms with Crippen LogP contribution in [0.15, 0.2) is 21.8 Å². The molecule has 1 aliphatic rings. The first kappa shape index (κ1) is 10.1. The van der Waals surface area contributed by atoms with Gasteiger partial charge in [0.2, 0.25) is 0 Å². The second-order valence-corrected chi connectivity index (χ2v) is 6.58. The van der Waals surface area contributed by atoms with Gasteiger partial charge in [0.25, 0.3) is 0 Å². The fraction of sp³-hybridized carbons (Fsp3) is 0.444. The second kappa shape index (κ2) is 3.31. The molecular weight excluding hydrogens is 266 g/mol. The standard InChI is InChI=1S/C9H10BrNO2S/c1-6-4-7(10)5-11-9(6)14(12,13)8-2-3-8/h4-5,8H,2-3H2,1H3. The minimum Gasteiger partial charge on any atom is -0.243 e. The van der Waals surface area contributed by atoms with E-state index in [1.165, 1.54) is 6.20 Å². The molecule has 0 aromatic carbocycles. The zero-order chi connectivity index (χ0) is 10.3. The molecule has 0 bridgehead atoms. The Bertz CT molecular complexity index is 466. The molecule has 0 unspecified atom stereocenters. The lowest BCUT2D eigenvalue weighted by Gasteiger charge is -2.05. The molecular formula is C9H10BrNO2S. The highest BCUT2D eigenvalue weighted by molar-refractivity contribution is 9.10.